The second kappa shape index (κ2) is 10.2. The second-order valence-corrected chi connectivity index (χ2v) is 11.7. The second-order valence-electron chi connectivity index (χ2n) is 11.7. The number of imidazole rings is 1. The summed E-state index contributed by atoms with van der Waals surface area (Å²) in [5.41, 5.74) is 4.66. The number of aliphatic hydroxyl groups is 1. The third-order valence-corrected chi connectivity index (χ3v) is 9.16. The van der Waals surface area contributed by atoms with Crippen molar-refractivity contribution in [1.82, 2.24) is 14.5 Å². The van der Waals surface area contributed by atoms with Crippen LogP contribution in [0, 0.1) is 17.7 Å². The smallest absolute Gasteiger partial charge is 0.414 e. The lowest BCUT2D eigenvalue weighted by atomic mass is 9.81. The Morgan fingerprint density at radius 3 is 2.75 bits per heavy atom. The number of aromatic nitrogens is 2. The fraction of sp³-hybridized carbons (Fsp3) is 0.567. The Labute approximate surface area is 232 Å². The molecule has 4 unspecified atom stereocenters. The van der Waals surface area contributed by atoms with Gasteiger partial charge in [-0.25, -0.2) is 14.2 Å². The van der Waals surface area contributed by atoms with Gasteiger partial charge in [0.05, 0.1) is 25.3 Å². The fourth-order valence-electron chi connectivity index (χ4n) is 7.27. The molecule has 5 atom stereocenters. The molecule has 6 rings (SSSR count). The first kappa shape index (κ1) is 26.8. The molecule has 214 valence electrons. The van der Waals surface area contributed by atoms with Crippen molar-refractivity contribution < 1.29 is 33.7 Å². The van der Waals surface area contributed by atoms with E-state index in [1.807, 2.05) is 6.92 Å². The van der Waals surface area contributed by atoms with E-state index in [1.165, 1.54) is 13.2 Å². The van der Waals surface area contributed by atoms with Gasteiger partial charge in [0.2, 0.25) is 0 Å². The van der Waals surface area contributed by atoms with E-state index in [-0.39, 0.29) is 23.8 Å². The van der Waals surface area contributed by atoms with Gasteiger partial charge < -0.3 is 24.3 Å². The number of halogens is 1. The average Bonchev–Trinajstić information content (AvgIpc) is 3.57. The number of carbonyl (C=O) groups is 2. The first-order valence-corrected chi connectivity index (χ1v) is 14.3. The van der Waals surface area contributed by atoms with Crippen molar-refractivity contribution in [3.8, 4) is 5.75 Å². The van der Waals surface area contributed by atoms with Crippen molar-refractivity contribution in [1.29, 1.82) is 0 Å². The molecule has 4 aliphatic rings. The lowest BCUT2D eigenvalue weighted by molar-refractivity contribution is -0.143. The number of hydrogen-bond acceptors (Lipinski definition) is 6. The summed E-state index contributed by atoms with van der Waals surface area (Å²) in [6.45, 7) is 4.49. The maximum atomic E-state index is 14.9. The Morgan fingerprint density at radius 1 is 1.20 bits per heavy atom. The molecule has 0 spiro atoms. The molecule has 2 aliphatic carbocycles. The number of allylic oxidation sites excluding steroid dienone is 2. The number of nitrogens with zero attached hydrogens (tertiary/aromatic N) is 3. The molecule has 1 amide bonds. The number of methoxy groups -OCH3 is 1. The predicted octanol–water partition coefficient (Wildman–Crippen LogP) is 5.01. The van der Waals surface area contributed by atoms with E-state index in [0.717, 1.165) is 48.3 Å². The van der Waals surface area contributed by atoms with Crippen LogP contribution in [-0.4, -0.2) is 56.5 Å². The van der Waals surface area contributed by atoms with E-state index < -0.39 is 29.9 Å². The molecule has 1 saturated carbocycles. The molecular formula is C30H36FN3O6. The van der Waals surface area contributed by atoms with Crippen LogP contribution in [-0.2, 0) is 22.4 Å². The summed E-state index contributed by atoms with van der Waals surface area (Å²) in [4.78, 5) is 31.6. The number of carbonyl (C=O) groups excluding carboxylic acids is 1. The zero-order valence-corrected chi connectivity index (χ0v) is 23.2. The van der Waals surface area contributed by atoms with Crippen molar-refractivity contribution >= 4 is 17.6 Å². The van der Waals surface area contributed by atoms with Gasteiger partial charge in [0, 0.05) is 41.4 Å². The number of carboxylic acids is 1. The predicted molar refractivity (Wildman–Crippen MR) is 143 cm³/mol. The number of rotatable bonds is 4. The minimum atomic E-state index is -1.21. The summed E-state index contributed by atoms with van der Waals surface area (Å²) in [5.74, 6) is -1.18. The summed E-state index contributed by atoms with van der Waals surface area (Å²) in [6.07, 6.45) is 3.58. The topological polar surface area (TPSA) is 114 Å². The van der Waals surface area contributed by atoms with Gasteiger partial charge in [-0.15, -0.1) is 0 Å². The summed E-state index contributed by atoms with van der Waals surface area (Å²) in [6, 6.07) is 2.91. The van der Waals surface area contributed by atoms with Gasteiger partial charge in [-0.3, -0.25) is 9.69 Å². The lowest BCUT2D eigenvalue weighted by Gasteiger charge is -2.41. The van der Waals surface area contributed by atoms with Crippen molar-refractivity contribution in [2.24, 2.45) is 11.8 Å². The van der Waals surface area contributed by atoms with Gasteiger partial charge in [-0.05, 0) is 68.7 Å². The third-order valence-electron chi connectivity index (χ3n) is 9.16. The van der Waals surface area contributed by atoms with Gasteiger partial charge in [0.15, 0.2) is 11.6 Å². The monoisotopic (exact) mass is 553 g/mol. The van der Waals surface area contributed by atoms with Crippen LogP contribution in [0.25, 0.3) is 5.57 Å². The number of hydrogen-bond donors (Lipinski definition) is 2. The molecule has 10 heteroatoms. The van der Waals surface area contributed by atoms with Gasteiger partial charge >= 0.3 is 12.1 Å². The van der Waals surface area contributed by atoms with E-state index >= 15 is 0 Å². The third kappa shape index (κ3) is 4.27. The van der Waals surface area contributed by atoms with Crippen molar-refractivity contribution in [3.63, 3.8) is 0 Å². The van der Waals surface area contributed by atoms with E-state index in [1.54, 1.807) is 11.0 Å². The summed E-state index contributed by atoms with van der Waals surface area (Å²) in [5, 5.41) is 21.6. The van der Waals surface area contributed by atoms with Crippen LogP contribution in [0.4, 0.5) is 9.18 Å². The molecule has 1 fully saturated rings. The molecule has 2 N–H and O–H groups in total. The van der Waals surface area contributed by atoms with Crippen LogP contribution >= 0.6 is 0 Å². The number of carboxylic acid groups (broad SMARTS) is 1. The van der Waals surface area contributed by atoms with Crippen molar-refractivity contribution in [2.45, 2.75) is 83.4 Å². The van der Waals surface area contributed by atoms with Crippen LogP contribution < -0.4 is 4.74 Å². The van der Waals surface area contributed by atoms with E-state index in [9.17, 15) is 24.2 Å². The number of fused-ring (bicyclic) bond motifs is 3. The van der Waals surface area contributed by atoms with Crippen molar-refractivity contribution in [3.05, 3.63) is 52.0 Å². The lowest BCUT2D eigenvalue weighted by Crippen LogP contribution is -2.44. The van der Waals surface area contributed by atoms with E-state index in [0.29, 0.717) is 49.2 Å². The van der Waals surface area contributed by atoms with Crippen LogP contribution in [0.2, 0.25) is 0 Å². The highest BCUT2D eigenvalue weighted by Crippen LogP contribution is 2.47. The Morgan fingerprint density at radius 2 is 2.00 bits per heavy atom. The molecule has 9 nitrogen and oxygen atoms in total. The SMILES string of the molecule is COC(=O)N1C2=C(CC[C@@H]1C)c1nc(C(O)c3cc(F)c4c(c3)CCO4)n(C3CCCC(C(=O)O)C3)c1CC2C. The maximum Gasteiger partial charge on any atom is 0.414 e. The molecule has 2 aliphatic heterocycles. The highest BCUT2D eigenvalue weighted by atomic mass is 19.1. The fourth-order valence-corrected chi connectivity index (χ4v) is 7.27. The normalized spacial score (nSPS) is 26.5. The number of ether oxygens (including phenoxy) is 2. The van der Waals surface area contributed by atoms with E-state index in [2.05, 4.69) is 11.5 Å². The maximum absolute atomic E-state index is 14.9. The quantitative estimate of drug-likeness (QED) is 0.547. The highest BCUT2D eigenvalue weighted by Gasteiger charge is 2.42. The Balaban J connectivity index is 1.51. The minimum absolute atomic E-state index is 0.0155. The van der Waals surface area contributed by atoms with E-state index in [4.69, 9.17) is 14.5 Å². The largest absolute Gasteiger partial charge is 0.490 e. The molecule has 0 saturated heterocycles. The van der Waals surface area contributed by atoms with Crippen molar-refractivity contribution in [2.75, 3.05) is 13.7 Å². The zero-order valence-electron chi connectivity index (χ0n) is 23.2. The number of aliphatic hydroxyl groups excluding tert-OH is 1. The Kier molecular flexibility index (Phi) is 6.84. The van der Waals surface area contributed by atoms with Gasteiger partial charge in [-0.2, -0.15) is 0 Å². The summed E-state index contributed by atoms with van der Waals surface area (Å²) >= 11 is 0. The Hall–Kier alpha value is -3.40. The highest BCUT2D eigenvalue weighted by molar-refractivity contribution is 5.79. The van der Waals surface area contributed by atoms with Crippen LogP contribution in [0.5, 0.6) is 5.75 Å². The molecule has 3 heterocycles. The van der Waals surface area contributed by atoms with Gasteiger partial charge in [0.25, 0.3) is 0 Å². The molecule has 40 heavy (non-hydrogen) atoms. The standard InChI is InChI=1S/C30H36FN3O6/c1-15-11-23-24(21-8-7-16(2)33(25(15)21)30(38)39-3)32-28(34(23)20-6-4-5-18(13-20)29(36)37)26(35)19-12-17-9-10-40-27(17)22(31)14-19/h12,14-16,18,20,26,35H,4-11,13H2,1-3H3,(H,36,37)/t15?,16-,18?,20?,26?/m0/s1. The van der Waals surface area contributed by atoms with Crippen LogP contribution in [0.1, 0.15) is 92.9 Å². The van der Waals surface area contributed by atoms with Crippen LogP contribution in [0.15, 0.2) is 17.8 Å². The molecule has 0 radical (unpaired) electrons. The van der Waals surface area contributed by atoms with Gasteiger partial charge in [0.1, 0.15) is 11.9 Å². The molecule has 1 aromatic carbocycles. The molecule has 1 aromatic heterocycles. The average molecular weight is 554 g/mol. The number of benzene rings is 1. The number of aliphatic carboxylic acids is 1. The number of amides is 1. The minimum Gasteiger partial charge on any atom is -0.490 e. The molecule has 2 aromatic rings. The zero-order chi connectivity index (χ0) is 28.3. The first-order chi connectivity index (χ1) is 19.2. The summed E-state index contributed by atoms with van der Waals surface area (Å²) in [7, 11) is 1.38. The van der Waals surface area contributed by atoms with Crippen LogP contribution in [0.3, 0.4) is 0 Å². The molecular weight excluding hydrogens is 517 g/mol. The first-order valence-electron chi connectivity index (χ1n) is 14.3. The van der Waals surface area contributed by atoms with Gasteiger partial charge in [-0.1, -0.05) is 13.3 Å². The molecule has 0 bridgehead atoms. The Bertz CT molecular complexity index is 1400. The summed E-state index contributed by atoms with van der Waals surface area (Å²) < 4.78 is 27.5.